The molecule has 1 fully saturated rings. The van der Waals surface area contributed by atoms with Gasteiger partial charge in [0.2, 0.25) is 11.8 Å². The van der Waals surface area contributed by atoms with Crippen LogP contribution in [0.2, 0.25) is 0 Å². The second-order valence-electron chi connectivity index (χ2n) is 22.6. The zero-order valence-electron chi connectivity index (χ0n) is 46.3. The third-order valence-electron chi connectivity index (χ3n) is 12.9. The molecule has 3 aromatic carbocycles. The zero-order chi connectivity index (χ0) is 55.8. The summed E-state index contributed by atoms with van der Waals surface area (Å²) >= 11 is 0. The van der Waals surface area contributed by atoms with E-state index in [4.69, 9.17) is 28.4 Å². The number of methoxy groups -OCH3 is 2. The van der Waals surface area contributed by atoms with Crippen LogP contribution in [0.15, 0.2) is 66.7 Å². The first-order valence-electron chi connectivity index (χ1n) is 26.5. The summed E-state index contributed by atoms with van der Waals surface area (Å²) in [7, 11) is 3.04. The minimum atomic E-state index is -1.24. The molecule has 1 saturated carbocycles. The Morgan fingerprint density at radius 1 is 0.605 bits per heavy atom. The molecule has 3 atom stereocenters. The molecule has 0 heterocycles. The number of unbranched alkanes of at least 4 members (excludes halogenated alkanes) is 1. The molecule has 0 spiro atoms. The topological polar surface area (TPSA) is 235 Å². The average molecular weight is 1060 g/mol. The Morgan fingerprint density at radius 2 is 1.16 bits per heavy atom. The largest absolute Gasteiger partial charge is 0.493 e. The van der Waals surface area contributed by atoms with Crippen LogP contribution in [0.3, 0.4) is 0 Å². The van der Waals surface area contributed by atoms with Crippen LogP contribution < -0.4 is 36.1 Å². The minimum Gasteiger partial charge on any atom is -0.493 e. The van der Waals surface area contributed by atoms with Crippen LogP contribution in [0.4, 0.5) is 9.59 Å². The van der Waals surface area contributed by atoms with Crippen molar-refractivity contribution in [2.45, 2.75) is 167 Å². The number of benzene rings is 3. The number of ether oxygens (including phenoxy) is 6. The predicted molar refractivity (Wildman–Crippen MR) is 287 cm³/mol. The number of nitrogens with one attached hydrogen (secondary N) is 5. The van der Waals surface area contributed by atoms with Gasteiger partial charge >= 0.3 is 30.0 Å². The van der Waals surface area contributed by atoms with Crippen molar-refractivity contribution in [3.63, 3.8) is 0 Å². The van der Waals surface area contributed by atoms with Gasteiger partial charge in [0.25, 0.3) is 0 Å². The molecule has 0 saturated heterocycles. The lowest BCUT2D eigenvalue weighted by atomic mass is 9.81. The smallest absolute Gasteiger partial charge is 0.407 e. The van der Waals surface area contributed by atoms with Crippen molar-refractivity contribution < 1.29 is 62.0 Å². The van der Waals surface area contributed by atoms with Crippen LogP contribution >= 0.6 is 0 Å². The summed E-state index contributed by atoms with van der Waals surface area (Å²) in [5.41, 5.74) is 2.79. The van der Waals surface area contributed by atoms with Crippen molar-refractivity contribution in [3.8, 4) is 22.6 Å². The second kappa shape index (κ2) is 27.3. The Bertz CT molecular complexity index is 2440. The lowest BCUT2D eigenvalue weighted by Crippen LogP contribution is -2.53. The van der Waals surface area contributed by atoms with Gasteiger partial charge < -0.3 is 55.0 Å². The maximum atomic E-state index is 14.0. The maximum Gasteiger partial charge on any atom is 0.407 e. The molecule has 0 radical (unpaired) electrons. The molecule has 0 aromatic heterocycles. The van der Waals surface area contributed by atoms with E-state index in [0.717, 1.165) is 27.8 Å². The molecule has 0 bridgehead atoms. The fourth-order valence-electron chi connectivity index (χ4n) is 9.31. The monoisotopic (exact) mass is 1060 g/mol. The molecule has 2 aliphatic carbocycles. The first-order chi connectivity index (χ1) is 35.8. The number of carbonyl (C=O) groups excluding carboxylic acids is 7. The zero-order valence-corrected chi connectivity index (χ0v) is 46.3. The van der Waals surface area contributed by atoms with Crippen molar-refractivity contribution in [1.82, 2.24) is 26.6 Å². The molecule has 18 heteroatoms. The minimum absolute atomic E-state index is 0.0429. The van der Waals surface area contributed by atoms with Gasteiger partial charge in [-0.05, 0) is 160 Å². The van der Waals surface area contributed by atoms with Crippen LogP contribution in [-0.4, -0.2) is 111 Å². The summed E-state index contributed by atoms with van der Waals surface area (Å²) in [6, 6.07) is 17.5. The summed E-state index contributed by atoms with van der Waals surface area (Å²) in [5, 5.41) is 14.1. The number of alkyl carbamates (subject to hydrolysis) is 1. The normalized spacial score (nSPS) is 16.5. The van der Waals surface area contributed by atoms with E-state index in [0.29, 0.717) is 56.6 Å². The Hall–Kier alpha value is -6.85. The summed E-state index contributed by atoms with van der Waals surface area (Å²) in [6.45, 7) is 16.1. The van der Waals surface area contributed by atoms with Crippen LogP contribution in [0, 0.1) is 11.8 Å². The number of hydrogen-bond donors (Lipinski definition) is 5. The van der Waals surface area contributed by atoms with Gasteiger partial charge in [-0.15, -0.1) is 0 Å². The Kier molecular flexibility index (Phi) is 21.5. The predicted octanol–water partition coefficient (Wildman–Crippen LogP) is 8.20. The van der Waals surface area contributed by atoms with Gasteiger partial charge in [0.15, 0.2) is 11.5 Å². The van der Waals surface area contributed by atoms with Crippen molar-refractivity contribution in [2.24, 2.45) is 11.8 Å². The Balaban J connectivity index is 1.14. The average Bonchev–Trinajstić information content (AvgIpc) is 3.67. The number of esters is 3. The van der Waals surface area contributed by atoms with E-state index in [1.165, 1.54) is 14.2 Å². The highest BCUT2D eigenvalue weighted by molar-refractivity contribution is 5.89. The fourth-order valence-corrected chi connectivity index (χ4v) is 9.31. The van der Waals surface area contributed by atoms with Gasteiger partial charge in [-0.1, -0.05) is 54.6 Å². The molecule has 5 rings (SSSR count). The third-order valence-corrected chi connectivity index (χ3v) is 12.9. The number of hydrogen-bond acceptors (Lipinski definition) is 13. The SMILES string of the molecule is COc1ccc(C[C@H](NC(=O)C2CCC(CNC(=O)OCC3c4ccccc4-c4ccccc43)CC2)C(=O)NCCCC[C@H](NC(=O)N[C@@H](CCC(=O)OC(C)(C)C)C(=O)OC(C)(C)C)C(=O)OC(C)(C)C)cc1OC. The van der Waals surface area contributed by atoms with Crippen LogP contribution in [0.1, 0.15) is 143 Å². The van der Waals surface area contributed by atoms with Crippen molar-refractivity contribution in [1.29, 1.82) is 0 Å². The van der Waals surface area contributed by atoms with E-state index in [-0.39, 0.29) is 62.5 Å². The molecule has 416 valence electrons. The highest BCUT2D eigenvalue weighted by Crippen LogP contribution is 2.44. The standard InChI is InChI=1S/C58H81N5O13/c1-56(2,3)74-49(64)30-28-45(53(68)76-58(7,8)9)63-54(69)62-44(52(67)75-57(4,5)6)22-16-17-31-59-51(66)46(32-37-25-29-47(71-10)48(33-37)72-11)61-50(65)38-26-23-36(24-27-38)34-60-55(70)73-35-43-41-20-14-12-18-39(41)40-19-13-15-21-42(40)43/h12-15,18-21,25,29,33,36,38,43-46H,16-17,22-24,26-28,30-32,34-35H2,1-11H3,(H,59,66)(H,60,70)(H,61,65)(H2,62,63,69)/t36?,38?,44-,45-,46-/m0/s1. The van der Waals surface area contributed by atoms with E-state index in [9.17, 15) is 33.6 Å². The first kappa shape index (κ1) is 60.0. The number of carbonyl (C=O) groups is 7. The van der Waals surface area contributed by atoms with Gasteiger partial charge in [-0.2, -0.15) is 0 Å². The second-order valence-corrected chi connectivity index (χ2v) is 22.6. The number of fused-ring (bicyclic) bond motifs is 3. The first-order valence-corrected chi connectivity index (χ1v) is 26.5. The summed E-state index contributed by atoms with van der Waals surface area (Å²) in [5.74, 6) is -1.93. The van der Waals surface area contributed by atoms with Crippen molar-refractivity contribution in [3.05, 3.63) is 83.4 Å². The number of amides is 5. The quantitative estimate of drug-likeness (QED) is 0.0343. The molecule has 5 N–H and O–H groups in total. The molecule has 0 unspecified atom stereocenters. The summed E-state index contributed by atoms with van der Waals surface area (Å²) in [6.07, 6.45) is 2.78. The third kappa shape index (κ3) is 19.1. The van der Waals surface area contributed by atoms with E-state index < -0.39 is 70.9 Å². The van der Waals surface area contributed by atoms with Gasteiger partial charge in [0, 0.05) is 37.8 Å². The van der Waals surface area contributed by atoms with Crippen LogP contribution in [-0.2, 0) is 49.3 Å². The summed E-state index contributed by atoms with van der Waals surface area (Å²) in [4.78, 5) is 93.5. The van der Waals surface area contributed by atoms with E-state index >= 15 is 0 Å². The molecular weight excluding hydrogens is 975 g/mol. The fraction of sp³-hybridized carbons (Fsp3) is 0.569. The van der Waals surface area contributed by atoms with E-state index in [2.05, 4.69) is 50.8 Å². The Labute approximate surface area is 448 Å². The highest BCUT2D eigenvalue weighted by Gasteiger charge is 2.34. The van der Waals surface area contributed by atoms with Crippen LogP contribution in [0.25, 0.3) is 11.1 Å². The van der Waals surface area contributed by atoms with Crippen molar-refractivity contribution >= 4 is 41.8 Å². The number of urea groups is 1. The number of rotatable bonds is 23. The Morgan fingerprint density at radius 3 is 1.71 bits per heavy atom. The maximum absolute atomic E-state index is 14.0. The van der Waals surface area contributed by atoms with Gasteiger partial charge in [0.05, 0.1) is 14.2 Å². The molecule has 3 aromatic rings. The summed E-state index contributed by atoms with van der Waals surface area (Å²) < 4.78 is 33.2. The van der Waals surface area contributed by atoms with E-state index in [1.807, 2.05) is 24.3 Å². The molecular formula is C58H81N5O13. The molecule has 5 amide bonds. The lowest BCUT2D eigenvalue weighted by molar-refractivity contribution is -0.159. The molecule has 18 nitrogen and oxygen atoms in total. The van der Waals surface area contributed by atoms with Crippen LogP contribution in [0.5, 0.6) is 11.5 Å². The van der Waals surface area contributed by atoms with Crippen molar-refractivity contribution in [2.75, 3.05) is 33.9 Å². The van der Waals surface area contributed by atoms with Gasteiger partial charge in [0.1, 0.15) is 41.5 Å². The highest BCUT2D eigenvalue weighted by atomic mass is 16.6. The van der Waals surface area contributed by atoms with Gasteiger partial charge in [-0.25, -0.2) is 19.2 Å². The molecule has 76 heavy (non-hydrogen) atoms. The molecule has 2 aliphatic rings. The molecule has 0 aliphatic heterocycles. The van der Waals surface area contributed by atoms with E-state index in [1.54, 1.807) is 80.5 Å². The van der Waals surface area contributed by atoms with Gasteiger partial charge in [-0.3, -0.25) is 14.4 Å². The lowest BCUT2D eigenvalue weighted by Gasteiger charge is -2.29.